The van der Waals surface area contributed by atoms with Crippen molar-refractivity contribution >= 4 is 57.4 Å². The lowest BCUT2D eigenvalue weighted by Gasteiger charge is -2.41. The van der Waals surface area contributed by atoms with E-state index in [1.165, 1.54) is 11.8 Å². The molecule has 2 saturated heterocycles. The highest BCUT2D eigenvalue weighted by Crippen LogP contribution is 2.66. The molecular formula is C22H20ClN3O3S2. The van der Waals surface area contributed by atoms with Crippen LogP contribution in [0, 0.1) is 0 Å². The number of thiocarbonyl (C=S) groups is 1. The fourth-order valence-corrected chi connectivity index (χ4v) is 7.69. The second-order valence-corrected chi connectivity index (χ2v) is 10.3. The summed E-state index contributed by atoms with van der Waals surface area (Å²) >= 11 is 13.3. The van der Waals surface area contributed by atoms with Gasteiger partial charge in [0.1, 0.15) is 14.8 Å². The Balaban J connectivity index is 1.85. The maximum atomic E-state index is 14.2. The van der Waals surface area contributed by atoms with Gasteiger partial charge in [-0.15, -0.1) is 6.58 Å². The quantitative estimate of drug-likeness (QED) is 0.501. The van der Waals surface area contributed by atoms with Crippen molar-refractivity contribution < 1.29 is 14.0 Å². The molecule has 0 saturated carbocycles. The Morgan fingerprint density at radius 2 is 2.10 bits per heavy atom. The van der Waals surface area contributed by atoms with Crippen LogP contribution >= 0.6 is 35.6 Å². The molecule has 1 aromatic carbocycles. The fourth-order valence-electron chi connectivity index (χ4n) is 5.40. The molecule has 0 unspecified atom stereocenters. The molecule has 6 nitrogen and oxygen atoms in total. The molecule has 0 radical (unpaired) electrons. The predicted molar refractivity (Wildman–Crippen MR) is 125 cm³/mol. The molecule has 0 bridgehead atoms. The lowest BCUT2D eigenvalue weighted by Crippen LogP contribution is -2.62. The van der Waals surface area contributed by atoms with Crippen molar-refractivity contribution in [3.05, 3.63) is 65.6 Å². The molecule has 3 atom stereocenters. The largest absolute Gasteiger partial charge is 0.469 e. The molecule has 5 rings (SSSR count). The van der Waals surface area contributed by atoms with Gasteiger partial charge in [0.15, 0.2) is 5.54 Å². The standard InChI is InChI=1S/C22H20ClN3O3S2/c1-4-9-26-19(28)22(31-20(26)30)15(17-6-5-10-29-17)12-24(2)21(22)14-11-13(23)7-8-16(14)25(3)18(21)27/h4-8,10-11,15H,1,9,12H2,2-3H3/t15-,21+,22-/m0/s1. The van der Waals surface area contributed by atoms with Crippen LogP contribution in [0.3, 0.4) is 0 Å². The summed E-state index contributed by atoms with van der Waals surface area (Å²) in [6, 6.07) is 9.04. The maximum absolute atomic E-state index is 14.2. The number of hydrogen-bond donors (Lipinski definition) is 0. The predicted octanol–water partition coefficient (Wildman–Crippen LogP) is 3.62. The van der Waals surface area contributed by atoms with Crippen LogP contribution in [0.2, 0.25) is 5.02 Å². The average Bonchev–Trinajstić information content (AvgIpc) is 3.45. The van der Waals surface area contributed by atoms with Gasteiger partial charge in [-0.2, -0.15) is 0 Å². The molecular weight excluding hydrogens is 454 g/mol. The van der Waals surface area contributed by atoms with Crippen molar-refractivity contribution in [1.29, 1.82) is 0 Å². The van der Waals surface area contributed by atoms with E-state index in [9.17, 15) is 9.59 Å². The van der Waals surface area contributed by atoms with E-state index in [4.69, 9.17) is 28.2 Å². The molecule has 2 spiro atoms. The molecule has 4 heterocycles. The highest BCUT2D eigenvalue weighted by molar-refractivity contribution is 8.25. The van der Waals surface area contributed by atoms with Crippen LogP contribution in [-0.2, 0) is 15.1 Å². The summed E-state index contributed by atoms with van der Waals surface area (Å²) in [7, 11) is 3.61. The van der Waals surface area contributed by atoms with Gasteiger partial charge in [0, 0.05) is 36.4 Å². The Morgan fingerprint density at radius 1 is 1.32 bits per heavy atom. The summed E-state index contributed by atoms with van der Waals surface area (Å²) < 4.78 is 4.98. The number of thioether (sulfide) groups is 1. The topological polar surface area (TPSA) is 57.0 Å². The third-order valence-electron chi connectivity index (χ3n) is 6.61. The minimum atomic E-state index is -1.28. The van der Waals surface area contributed by atoms with Crippen molar-refractivity contribution in [3.63, 3.8) is 0 Å². The molecule has 3 aliphatic heterocycles. The number of rotatable bonds is 3. The van der Waals surface area contributed by atoms with Gasteiger partial charge in [-0.05, 0) is 37.4 Å². The second-order valence-electron chi connectivity index (χ2n) is 7.99. The van der Waals surface area contributed by atoms with Gasteiger partial charge in [0.2, 0.25) is 5.91 Å². The summed E-state index contributed by atoms with van der Waals surface area (Å²) in [6.45, 7) is 4.50. The number of amides is 2. The lowest BCUT2D eigenvalue weighted by atomic mass is 9.73. The van der Waals surface area contributed by atoms with E-state index >= 15 is 0 Å². The molecule has 9 heteroatoms. The number of hydrogen-bond acceptors (Lipinski definition) is 6. The maximum Gasteiger partial charge on any atom is 0.254 e. The zero-order valence-electron chi connectivity index (χ0n) is 17.0. The number of likely N-dealkylation sites (tertiary alicyclic amines) is 1. The van der Waals surface area contributed by atoms with Gasteiger partial charge in [-0.3, -0.25) is 19.4 Å². The Hall–Kier alpha value is -2.13. The number of furan rings is 1. The van der Waals surface area contributed by atoms with E-state index < -0.39 is 10.3 Å². The van der Waals surface area contributed by atoms with Crippen LogP contribution in [0.25, 0.3) is 0 Å². The molecule has 3 aliphatic rings. The summed E-state index contributed by atoms with van der Waals surface area (Å²) in [5.74, 6) is -0.119. The highest BCUT2D eigenvalue weighted by Gasteiger charge is 2.79. The second kappa shape index (κ2) is 6.93. The van der Waals surface area contributed by atoms with Crippen LogP contribution in [0.4, 0.5) is 5.69 Å². The number of nitrogens with zero attached hydrogens (tertiary/aromatic N) is 3. The van der Waals surface area contributed by atoms with Crippen LogP contribution in [0.5, 0.6) is 0 Å². The van der Waals surface area contributed by atoms with Gasteiger partial charge >= 0.3 is 0 Å². The number of likely N-dealkylation sites (N-methyl/N-ethyl adjacent to an activating group) is 2. The summed E-state index contributed by atoms with van der Waals surface area (Å²) in [4.78, 5) is 33.4. The van der Waals surface area contributed by atoms with Gasteiger partial charge in [-0.1, -0.05) is 41.7 Å². The highest BCUT2D eigenvalue weighted by atomic mass is 35.5. The first-order chi connectivity index (χ1) is 14.8. The Kier molecular flexibility index (Phi) is 4.64. The average molecular weight is 474 g/mol. The normalized spacial score (nSPS) is 30.3. The number of carbonyl (C=O) groups excluding carboxylic acids is 2. The number of anilines is 1. The van der Waals surface area contributed by atoms with E-state index in [-0.39, 0.29) is 24.3 Å². The van der Waals surface area contributed by atoms with Crippen LogP contribution in [-0.4, -0.2) is 57.9 Å². The Bertz CT molecular complexity index is 1140. The van der Waals surface area contributed by atoms with Gasteiger partial charge in [-0.25, -0.2) is 0 Å². The molecule has 160 valence electrons. The van der Waals surface area contributed by atoms with Gasteiger partial charge < -0.3 is 9.32 Å². The van der Waals surface area contributed by atoms with E-state index in [2.05, 4.69) is 6.58 Å². The van der Waals surface area contributed by atoms with Crippen LogP contribution < -0.4 is 4.90 Å². The minimum Gasteiger partial charge on any atom is -0.469 e. The van der Waals surface area contributed by atoms with Crippen LogP contribution in [0.15, 0.2) is 53.7 Å². The summed E-state index contributed by atoms with van der Waals surface area (Å²) in [6.07, 6.45) is 3.23. The zero-order valence-corrected chi connectivity index (χ0v) is 19.4. The first-order valence-corrected chi connectivity index (χ1v) is 11.4. The van der Waals surface area contributed by atoms with Crippen molar-refractivity contribution in [2.75, 3.05) is 32.1 Å². The molecule has 2 amide bonds. The SMILES string of the molecule is C=CCN1C(=O)[C@@]2(SC1=S)[C@H](c1ccco1)CN(C)[C@]21C(=O)N(C)c2ccc(Cl)cc21. The van der Waals surface area contributed by atoms with E-state index in [1.54, 1.807) is 47.4 Å². The van der Waals surface area contributed by atoms with Crippen molar-refractivity contribution in [2.45, 2.75) is 16.2 Å². The molecule has 2 aromatic rings. The number of fused-ring (bicyclic) bond motifs is 3. The molecule has 2 fully saturated rings. The van der Waals surface area contributed by atoms with Crippen molar-refractivity contribution in [3.8, 4) is 0 Å². The third kappa shape index (κ3) is 2.36. The number of carbonyl (C=O) groups is 2. The molecule has 1 aromatic heterocycles. The molecule has 31 heavy (non-hydrogen) atoms. The Labute approximate surface area is 194 Å². The minimum absolute atomic E-state index is 0.176. The molecule has 0 N–H and O–H groups in total. The summed E-state index contributed by atoms with van der Waals surface area (Å²) in [5, 5.41) is 0.507. The van der Waals surface area contributed by atoms with E-state index in [0.717, 1.165) is 5.69 Å². The smallest absolute Gasteiger partial charge is 0.254 e. The van der Waals surface area contributed by atoms with Gasteiger partial charge in [0.05, 0.1) is 12.2 Å². The van der Waals surface area contributed by atoms with Gasteiger partial charge in [0.25, 0.3) is 5.91 Å². The first-order valence-electron chi connectivity index (χ1n) is 9.79. The van der Waals surface area contributed by atoms with Crippen molar-refractivity contribution in [1.82, 2.24) is 9.80 Å². The molecule has 0 aliphatic carbocycles. The first kappa shape index (κ1) is 20.8. The van der Waals surface area contributed by atoms with Crippen molar-refractivity contribution in [2.24, 2.45) is 0 Å². The number of benzene rings is 1. The van der Waals surface area contributed by atoms with E-state index in [0.29, 0.717) is 27.2 Å². The Morgan fingerprint density at radius 3 is 2.77 bits per heavy atom. The third-order valence-corrected chi connectivity index (χ3v) is 8.79. The van der Waals surface area contributed by atoms with Crippen LogP contribution in [0.1, 0.15) is 17.2 Å². The van der Waals surface area contributed by atoms with E-state index in [1.807, 2.05) is 24.1 Å². The lowest BCUT2D eigenvalue weighted by molar-refractivity contribution is -0.138. The fraction of sp³-hybridized carbons (Fsp3) is 0.318. The monoisotopic (exact) mass is 473 g/mol. The number of halogens is 1. The summed E-state index contributed by atoms with van der Waals surface area (Å²) in [5.41, 5.74) is 0.177. The zero-order chi connectivity index (χ0) is 22.1.